The molecule has 252 valence electrons. The zero-order chi connectivity index (χ0) is 33.5. The number of ether oxygens (including phenoxy) is 1. The molecule has 2 N–H and O–H groups in total. The van der Waals surface area contributed by atoms with Crippen molar-refractivity contribution < 1.29 is 23.8 Å². The van der Waals surface area contributed by atoms with E-state index in [0.717, 1.165) is 40.6 Å². The Balaban J connectivity index is 1.51. The lowest BCUT2D eigenvalue weighted by Gasteiger charge is -2.29. The van der Waals surface area contributed by atoms with E-state index in [9.17, 15) is 14.7 Å². The van der Waals surface area contributed by atoms with E-state index in [1.807, 2.05) is 24.4 Å². The zero-order valence-corrected chi connectivity index (χ0v) is 28.1. The van der Waals surface area contributed by atoms with Crippen molar-refractivity contribution in [3.05, 3.63) is 84.4 Å². The second-order valence-corrected chi connectivity index (χ2v) is 13.4. The van der Waals surface area contributed by atoms with Crippen molar-refractivity contribution in [2.45, 2.75) is 64.2 Å². The van der Waals surface area contributed by atoms with Crippen LogP contribution >= 0.6 is 0 Å². The third-order valence-electron chi connectivity index (χ3n) is 10.2. The molecule has 1 amide bonds. The summed E-state index contributed by atoms with van der Waals surface area (Å²) >= 11 is 0. The lowest BCUT2D eigenvalue weighted by molar-refractivity contribution is 0.0697. The standard InChI is InChI=1S/C40H47N3O5/c1-3-42(26-28-12-6-4-7-13-28)30-18-20-34-36(24-30)48-37-25-31(19-21-35(37)38(34)32-16-10-11-17-33(32)39(44)45)43(22-23-47-40(46)41-2)27-29-14-8-5-9-15-29/h3,10-11,16-21,24-25,28-29H,1,4-9,12-15,22-23,26-27H2,2H3,(H-,41,44,45,46)/p+1. The molecular formula is C40H48N3O5+. The smallest absolute Gasteiger partial charge is 0.407 e. The molecule has 8 nitrogen and oxygen atoms in total. The molecule has 2 aromatic rings. The molecule has 1 heterocycles. The number of rotatable bonds is 11. The average Bonchev–Trinajstić information content (AvgIpc) is 3.12. The van der Waals surface area contributed by atoms with Gasteiger partial charge in [0.25, 0.3) is 0 Å². The molecule has 0 saturated heterocycles. The van der Waals surface area contributed by atoms with Crippen LogP contribution in [0.4, 0.5) is 10.5 Å². The normalized spacial score (nSPS) is 16.4. The van der Waals surface area contributed by atoms with Gasteiger partial charge >= 0.3 is 12.1 Å². The van der Waals surface area contributed by atoms with Crippen molar-refractivity contribution in [2.24, 2.45) is 11.8 Å². The number of hydrogen-bond acceptors (Lipinski definition) is 5. The van der Waals surface area contributed by atoms with E-state index < -0.39 is 12.1 Å². The van der Waals surface area contributed by atoms with E-state index in [1.165, 1.54) is 64.2 Å². The Kier molecular flexibility index (Phi) is 10.8. The number of benzene rings is 3. The number of nitrogens with one attached hydrogen (secondary N) is 1. The minimum Gasteiger partial charge on any atom is -0.478 e. The van der Waals surface area contributed by atoms with E-state index in [1.54, 1.807) is 19.2 Å². The van der Waals surface area contributed by atoms with Crippen molar-refractivity contribution in [1.82, 2.24) is 9.89 Å². The number of carbonyl (C=O) groups is 2. The summed E-state index contributed by atoms with van der Waals surface area (Å²) in [6.45, 7) is 6.73. The van der Waals surface area contributed by atoms with Crippen LogP contribution in [0.2, 0.25) is 0 Å². The van der Waals surface area contributed by atoms with Gasteiger partial charge in [0, 0.05) is 53.8 Å². The van der Waals surface area contributed by atoms with Gasteiger partial charge in [0.1, 0.15) is 17.9 Å². The summed E-state index contributed by atoms with van der Waals surface area (Å²) in [4.78, 5) is 26.5. The molecule has 4 aliphatic rings. The van der Waals surface area contributed by atoms with Gasteiger partial charge in [-0.2, -0.15) is 0 Å². The first kappa shape index (κ1) is 33.3. The summed E-state index contributed by atoms with van der Waals surface area (Å²) in [5.41, 5.74) is 4.26. The fourth-order valence-electron chi connectivity index (χ4n) is 7.68. The molecule has 0 unspecified atom stereocenters. The molecule has 2 fully saturated rings. The van der Waals surface area contributed by atoms with Gasteiger partial charge in [0.2, 0.25) is 5.36 Å². The number of carboxylic acids is 1. The van der Waals surface area contributed by atoms with Gasteiger partial charge in [-0.3, -0.25) is 0 Å². The Morgan fingerprint density at radius 3 is 2.40 bits per heavy atom. The minimum atomic E-state index is -0.971. The first-order chi connectivity index (χ1) is 23.4. The van der Waals surface area contributed by atoms with Crippen LogP contribution in [0.25, 0.3) is 33.4 Å². The second kappa shape index (κ2) is 15.5. The van der Waals surface area contributed by atoms with Crippen molar-refractivity contribution in [2.75, 3.05) is 38.2 Å². The van der Waals surface area contributed by atoms with Crippen LogP contribution in [0.3, 0.4) is 0 Å². The van der Waals surface area contributed by atoms with Crippen LogP contribution < -0.4 is 20.1 Å². The Hall–Kier alpha value is -4.59. The monoisotopic (exact) mass is 650 g/mol. The molecule has 48 heavy (non-hydrogen) atoms. The summed E-state index contributed by atoms with van der Waals surface area (Å²) in [7, 11) is 1.56. The Bertz CT molecular complexity index is 1800. The van der Waals surface area contributed by atoms with Gasteiger partial charge in [-0.05, 0) is 67.6 Å². The minimum absolute atomic E-state index is 0.245. The van der Waals surface area contributed by atoms with Crippen molar-refractivity contribution in [1.29, 1.82) is 0 Å². The molecular weight excluding hydrogens is 602 g/mol. The van der Waals surface area contributed by atoms with Crippen LogP contribution in [-0.4, -0.2) is 50.5 Å². The lowest BCUT2D eigenvalue weighted by Crippen LogP contribution is -2.38. The molecule has 6 rings (SSSR count). The van der Waals surface area contributed by atoms with E-state index >= 15 is 0 Å². The first-order valence-electron chi connectivity index (χ1n) is 17.6. The third kappa shape index (κ3) is 7.59. The fraction of sp³-hybridized carbons (Fsp3) is 0.425. The molecule has 0 radical (unpaired) electrons. The predicted octanol–water partition coefficient (Wildman–Crippen LogP) is 8.14. The molecule has 8 heteroatoms. The number of fused-ring (bicyclic) bond motifs is 2. The van der Waals surface area contributed by atoms with Crippen LogP contribution in [0.1, 0.15) is 74.6 Å². The number of alkyl carbamates (subject to hydrolysis) is 1. The molecule has 3 aliphatic carbocycles. The summed E-state index contributed by atoms with van der Waals surface area (Å²) in [6, 6.07) is 19.6. The number of carbonyl (C=O) groups excluding carboxylic acids is 1. The SMILES string of the molecule is C=CN(CC1CCCCC1)c1ccc2c(-c3ccccc3C(=O)O)c3ccc(=[N+](CCOC(=O)NC)CC4CCCCC4)cc-3oc2c1. The van der Waals surface area contributed by atoms with E-state index in [0.29, 0.717) is 35.3 Å². The van der Waals surface area contributed by atoms with Gasteiger partial charge in [-0.15, -0.1) is 0 Å². The van der Waals surface area contributed by atoms with E-state index in [-0.39, 0.29) is 12.2 Å². The summed E-state index contributed by atoms with van der Waals surface area (Å²) < 4.78 is 14.4. The van der Waals surface area contributed by atoms with Gasteiger partial charge < -0.3 is 24.5 Å². The maximum absolute atomic E-state index is 12.5. The number of nitrogens with zero attached hydrogens (tertiary/aromatic N) is 2. The van der Waals surface area contributed by atoms with E-state index in [4.69, 9.17) is 9.15 Å². The largest absolute Gasteiger partial charge is 0.478 e. The Labute approximate surface area is 283 Å². The Morgan fingerprint density at radius 2 is 1.69 bits per heavy atom. The third-order valence-corrected chi connectivity index (χ3v) is 10.2. The van der Waals surface area contributed by atoms with E-state index in [2.05, 4.69) is 51.7 Å². The summed E-state index contributed by atoms with van der Waals surface area (Å²) in [5.74, 6) is 0.897. The van der Waals surface area contributed by atoms with Crippen molar-refractivity contribution in [3.63, 3.8) is 0 Å². The van der Waals surface area contributed by atoms with Crippen LogP contribution in [0, 0.1) is 11.8 Å². The fourth-order valence-corrected chi connectivity index (χ4v) is 7.68. The van der Waals surface area contributed by atoms with Crippen LogP contribution in [0.5, 0.6) is 0 Å². The second-order valence-electron chi connectivity index (χ2n) is 13.4. The topological polar surface area (TPSA) is 95.0 Å². The van der Waals surface area contributed by atoms with Crippen LogP contribution in [-0.2, 0) is 4.74 Å². The maximum Gasteiger partial charge on any atom is 0.407 e. The summed E-state index contributed by atoms with van der Waals surface area (Å²) in [6.07, 6.45) is 13.9. The zero-order valence-electron chi connectivity index (χ0n) is 28.1. The predicted molar refractivity (Wildman–Crippen MR) is 191 cm³/mol. The molecule has 0 spiro atoms. The van der Waals surface area contributed by atoms with Crippen LogP contribution in [0.15, 0.2) is 77.9 Å². The quantitative estimate of drug-likeness (QED) is 0.126. The van der Waals surface area contributed by atoms with Crippen molar-refractivity contribution >= 4 is 28.7 Å². The maximum atomic E-state index is 12.5. The first-order valence-corrected chi connectivity index (χ1v) is 17.6. The molecule has 2 saturated carbocycles. The van der Waals surface area contributed by atoms with Gasteiger partial charge in [-0.1, -0.05) is 63.3 Å². The molecule has 0 aromatic heterocycles. The highest BCUT2D eigenvalue weighted by Gasteiger charge is 2.25. The van der Waals surface area contributed by atoms with Crippen molar-refractivity contribution in [3.8, 4) is 22.5 Å². The Morgan fingerprint density at radius 1 is 0.958 bits per heavy atom. The molecule has 2 aromatic carbocycles. The highest BCUT2D eigenvalue weighted by atomic mass is 16.5. The highest BCUT2D eigenvalue weighted by molar-refractivity contribution is 6.07. The number of amides is 1. The highest BCUT2D eigenvalue weighted by Crippen LogP contribution is 2.42. The molecule has 0 bridgehead atoms. The number of hydrogen-bond donors (Lipinski definition) is 2. The lowest BCUT2D eigenvalue weighted by atomic mass is 9.88. The van der Waals surface area contributed by atoms with Gasteiger partial charge in [-0.25, -0.2) is 14.2 Å². The number of carboxylic acid groups (broad SMARTS) is 1. The summed E-state index contributed by atoms with van der Waals surface area (Å²) in [5, 5.41) is 14.6. The average molecular weight is 651 g/mol. The number of aromatic carboxylic acids is 1. The number of anilines is 1. The molecule has 0 atom stereocenters. The van der Waals surface area contributed by atoms with Gasteiger partial charge in [0.05, 0.1) is 11.6 Å². The molecule has 1 aliphatic heterocycles. The van der Waals surface area contributed by atoms with Gasteiger partial charge in [0.15, 0.2) is 13.2 Å².